The van der Waals surface area contributed by atoms with Crippen LogP contribution in [0.2, 0.25) is 0 Å². The lowest BCUT2D eigenvalue weighted by atomic mass is 9.61. The SMILES string of the molecule is CC(C)(C)C1(C)CCCCC1.CC(C)CC1(C)CCCC1.CC(C)CC1(C)CCCCC1.CCC1(C)CCCCCC1.CCC1(C)CCCCCCC1.CCCCC1(C)CCCC1.CCCCC1(C)CCCCC1. The van der Waals surface area contributed by atoms with Gasteiger partial charge in [-0.25, -0.2) is 0 Å². The molecule has 0 unspecified atom stereocenters. The van der Waals surface area contributed by atoms with E-state index in [-0.39, 0.29) is 0 Å². The Kier molecular flexibility index (Phi) is 36.8. The summed E-state index contributed by atoms with van der Waals surface area (Å²) in [6.45, 7) is 43.1. The fraction of sp³-hybridized carbons (Fsp3) is 1.00. The summed E-state index contributed by atoms with van der Waals surface area (Å²) in [5.41, 5.74) is 5.42. The maximum Gasteiger partial charge on any atom is -0.0277 e. The highest BCUT2D eigenvalue weighted by atomic mass is 14.4. The van der Waals surface area contributed by atoms with Crippen molar-refractivity contribution in [2.24, 2.45) is 55.2 Å². The Morgan fingerprint density at radius 1 is 0.284 bits per heavy atom. The fourth-order valence-corrected chi connectivity index (χ4v) is 15.5. The molecule has 0 atom stereocenters. The second-order valence-electron chi connectivity index (χ2n) is 32.1. The van der Waals surface area contributed by atoms with Crippen molar-refractivity contribution in [2.45, 2.75) is 420 Å². The first kappa shape index (κ1) is 72.0. The predicted octanol–water partition coefficient (Wildman–Crippen LogP) is 27.4. The van der Waals surface area contributed by atoms with Gasteiger partial charge in [0, 0.05) is 0 Å². The van der Waals surface area contributed by atoms with E-state index in [4.69, 9.17) is 0 Å². The largest absolute Gasteiger partial charge is 0.0654 e. The van der Waals surface area contributed by atoms with Crippen molar-refractivity contribution in [1.29, 1.82) is 0 Å². The summed E-state index contributed by atoms with van der Waals surface area (Å²) < 4.78 is 0. The average Bonchev–Trinajstić information content (AvgIpc) is 3.91. The van der Waals surface area contributed by atoms with Crippen molar-refractivity contribution in [3.05, 3.63) is 0 Å². The predicted molar refractivity (Wildman–Crippen MR) is 341 cm³/mol. The molecule has 0 aromatic rings. The molecule has 0 heteroatoms. The van der Waals surface area contributed by atoms with Gasteiger partial charge < -0.3 is 0 Å². The summed E-state index contributed by atoms with van der Waals surface area (Å²) in [7, 11) is 0. The van der Waals surface area contributed by atoms with Gasteiger partial charge in [-0.15, -0.1) is 0 Å². The van der Waals surface area contributed by atoms with Crippen LogP contribution in [-0.2, 0) is 0 Å². The lowest BCUT2D eigenvalue weighted by Gasteiger charge is -2.45. The van der Waals surface area contributed by atoms with E-state index in [0.29, 0.717) is 32.5 Å². The van der Waals surface area contributed by atoms with E-state index < -0.39 is 0 Å². The van der Waals surface area contributed by atoms with Crippen LogP contribution in [0, 0.1) is 55.2 Å². The van der Waals surface area contributed by atoms with E-state index in [1.54, 1.807) is 0 Å². The van der Waals surface area contributed by atoms with Gasteiger partial charge in [-0.1, -0.05) is 304 Å². The van der Waals surface area contributed by atoms with E-state index in [1.807, 2.05) is 0 Å². The normalized spacial score (nSPS) is 24.5. The quantitative estimate of drug-likeness (QED) is 0.171. The number of rotatable bonds is 12. The maximum atomic E-state index is 2.49. The zero-order chi connectivity index (χ0) is 55.7. The van der Waals surface area contributed by atoms with E-state index in [9.17, 15) is 0 Å². The minimum absolute atomic E-state index is 0.507. The van der Waals surface area contributed by atoms with Crippen LogP contribution >= 0.6 is 0 Å². The molecule has 444 valence electrons. The zero-order valence-electron chi connectivity index (χ0n) is 55.7. The Morgan fingerprint density at radius 3 is 0.703 bits per heavy atom. The van der Waals surface area contributed by atoms with Crippen molar-refractivity contribution in [2.75, 3.05) is 0 Å². The molecule has 74 heavy (non-hydrogen) atoms. The molecule has 0 saturated heterocycles. The molecule has 0 radical (unpaired) electrons. The van der Waals surface area contributed by atoms with Crippen LogP contribution in [0.25, 0.3) is 0 Å². The van der Waals surface area contributed by atoms with Gasteiger partial charge in [-0.3, -0.25) is 0 Å². The smallest absolute Gasteiger partial charge is 0.0277 e. The van der Waals surface area contributed by atoms with E-state index >= 15 is 0 Å². The standard InChI is InChI=1S/4C11H22.3C10H20/c1-10(2,3)11(4)8-6-5-7-9-11;1-10(2)9-11(3)7-5-4-6-8-11;1-3-11(2)9-7-5-4-6-8-10-11;1-3-4-8-11(2)9-6-5-7-10-11;1-9(2)8-10(3)6-4-5-7-10;1-3-10(2)8-6-4-5-7-9-10;1-3-4-7-10(2)8-5-6-9-10/h5-9H2,1-4H3;10H,4-9H2,1-3H3;2*3-10H2,1-2H3;9H,4-8H2,1-3H3;2*3-9H2,1-2H3. The first-order valence-corrected chi connectivity index (χ1v) is 34.8. The van der Waals surface area contributed by atoms with Gasteiger partial charge in [0.15, 0.2) is 0 Å². The highest BCUT2D eigenvalue weighted by molar-refractivity contribution is 4.89. The van der Waals surface area contributed by atoms with Crippen molar-refractivity contribution in [3.8, 4) is 0 Å². The highest BCUT2D eigenvalue weighted by Crippen LogP contribution is 2.49. The molecular formula is C74H148. The molecule has 7 aliphatic carbocycles. The van der Waals surface area contributed by atoms with Gasteiger partial charge in [-0.05, 0) is 171 Å². The van der Waals surface area contributed by atoms with Crippen LogP contribution < -0.4 is 0 Å². The van der Waals surface area contributed by atoms with Crippen molar-refractivity contribution >= 4 is 0 Å². The molecule has 0 heterocycles. The number of hydrogen-bond donors (Lipinski definition) is 0. The zero-order valence-corrected chi connectivity index (χ0v) is 55.7. The summed E-state index contributed by atoms with van der Waals surface area (Å²) in [4.78, 5) is 0. The monoisotopic (exact) mass is 1040 g/mol. The third kappa shape index (κ3) is 32.3. The third-order valence-electron chi connectivity index (χ3n) is 22.2. The maximum absolute atomic E-state index is 2.49. The highest BCUT2D eigenvalue weighted by Gasteiger charge is 2.38. The molecule has 7 rings (SSSR count). The van der Waals surface area contributed by atoms with Gasteiger partial charge in [0.1, 0.15) is 0 Å². The minimum atomic E-state index is 0.507. The van der Waals surface area contributed by atoms with Gasteiger partial charge in [0.25, 0.3) is 0 Å². The summed E-state index contributed by atoms with van der Waals surface area (Å²) in [6.07, 6.45) is 67.4. The Balaban J connectivity index is 0.000000432. The van der Waals surface area contributed by atoms with Crippen LogP contribution in [-0.4, -0.2) is 0 Å². The molecule has 7 saturated carbocycles. The van der Waals surface area contributed by atoms with Gasteiger partial charge >= 0.3 is 0 Å². The topological polar surface area (TPSA) is 0 Å². The van der Waals surface area contributed by atoms with Gasteiger partial charge in [0.05, 0.1) is 0 Å². The molecule has 7 fully saturated rings. The summed E-state index contributed by atoms with van der Waals surface area (Å²) in [5, 5.41) is 0. The molecule has 0 aliphatic heterocycles. The molecule has 7 aliphatic rings. The Morgan fingerprint density at radius 2 is 0.486 bits per heavy atom. The summed E-state index contributed by atoms with van der Waals surface area (Å²) in [6, 6.07) is 0. The summed E-state index contributed by atoms with van der Waals surface area (Å²) in [5.74, 6) is 1.78. The Bertz CT molecular complexity index is 1250. The third-order valence-corrected chi connectivity index (χ3v) is 22.2. The molecule has 0 aromatic heterocycles. The molecule has 0 aromatic carbocycles. The van der Waals surface area contributed by atoms with Crippen molar-refractivity contribution < 1.29 is 0 Å². The molecule has 0 amide bonds. The summed E-state index contributed by atoms with van der Waals surface area (Å²) >= 11 is 0. The molecule has 0 spiro atoms. The van der Waals surface area contributed by atoms with E-state index in [2.05, 4.69) is 125 Å². The lowest BCUT2D eigenvalue weighted by molar-refractivity contribution is 0.0601. The minimum Gasteiger partial charge on any atom is -0.0654 e. The van der Waals surface area contributed by atoms with Crippen LogP contribution in [0.3, 0.4) is 0 Å². The van der Waals surface area contributed by atoms with Gasteiger partial charge in [0.2, 0.25) is 0 Å². The lowest BCUT2D eigenvalue weighted by Crippen LogP contribution is -2.34. The molecule has 0 N–H and O–H groups in total. The van der Waals surface area contributed by atoms with Crippen LogP contribution in [0.1, 0.15) is 420 Å². The second kappa shape index (κ2) is 37.8. The molecular weight excluding hydrogens is 889 g/mol. The number of hydrogen-bond acceptors (Lipinski definition) is 0. The Hall–Kier alpha value is 0. The first-order valence-electron chi connectivity index (χ1n) is 34.8. The number of unbranched alkanes of at least 4 members (excludes halogenated alkanes) is 2. The Labute approximate surface area is 472 Å². The first-order chi connectivity index (χ1) is 34.8. The van der Waals surface area contributed by atoms with Crippen molar-refractivity contribution in [3.63, 3.8) is 0 Å². The average molecular weight is 1040 g/mol. The van der Waals surface area contributed by atoms with Crippen LogP contribution in [0.5, 0.6) is 0 Å². The van der Waals surface area contributed by atoms with E-state index in [1.165, 1.54) is 295 Å². The second-order valence-corrected chi connectivity index (χ2v) is 32.1. The van der Waals surface area contributed by atoms with Crippen LogP contribution in [0.15, 0.2) is 0 Å². The van der Waals surface area contributed by atoms with Crippen LogP contribution in [0.4, 0.5) is 0 Å². The van der Waals surface area contributed by atoms with E-state index in [0.717, 1.165) is 22.7 Å². The fourth-order valence-electron chi connectivity index (χ4n) is 15.5. The molecule has 0 bridgehead atoms. The van der Waals surface area contributed by atoms with Gasteiger partial charge in [-0.2, -0.15) is 0 Å². The molecule has 0 nitrogen and oxygen atoms in total. The van der Waals surface area contributed by atoms with Crippen molar-refractivity contribution in [1.82, 2.24) is 0 Å².